The zero-order chi connectivity index (χ0) is 12.0. The molecule has 0 saturated heterocycles. The predicted molar refractivity (Wildman–Crippen MR) is 71.4 cm³/mol. The lowest BCUT2D eigenvalue weighted by Gasteiger charge is -2.11. The van der Waals surface area contributed by atoms with Crippen LogP contribution >= 0.6 is 0 Å². The Hall–Kier alpha value is -0.820. The molecule has 1 rings (SSSR count). The molecule has 0 bridgehead atoms. The number of hydrogen-bond donors (Lipinski definition) is 1. The van der Waals surface area contributed by atoms with Crippen LogP contribution in [0.15, 0.2) is 24.3 Å². The minimum absolute atomic E-state index is 0.199. The molecule has 0 radical (unpaired) electrons. The Morgan fingerprint density at radius 3 is 2.62 bits per heavy atom. The SMILES string of the molecule is CCC(N)c1cccc(CCCC(C)C)c1. The molecule has 0 aromatic heterocycles. The van der Waals surface area contributed by atoms with Crippen LogP contribution in [0.5, 0.6) is 0 Å². The Labute approximate surface area is 100 Å². The number of aryl methyl sites for hydroxylation is 1. The van der Waals surface area contributed by atoms with Gasteiger partial charge in [-0.05, 0) is 36.3 Å². The highest BCUT2D eigenvalue weighted by Gasteiger charge is 2.03. The molecular weight excluding hydrogens is 194 g/mol. The molecule has 0 aliphatic carbocycles. The summed E-state index contributed by atoms with van der Waals surface area (Å²) in [5, 5.41) is 0. The molecule has 16 heavy (non-hydrogen) atoms. The number of nitrogens with two attached hydrogens (primary N) is 1. The van der Waals surface area contributed by atoms with E-state index in [0.717, 1.165) is 12.3 Å². The Morgan fingerprint density at radius 2 is 2.00 bits per heavy atom. The van der Waals surface area contributed by atoms with Gasteiger partial charge >= 0.3 is 0 Å². The van der Waals surface area contributed by atoms with E-state index in [-0.39, 0.29) is 6.04 Å². The molecule has 0 spiro atoms. The van der Waals surface area contributed by atoms with Crippen LogP contribution in [0.1, 0.15) is 57.2 Å². The fourth-order valence-electron chi connectivity index (χ4n) is 1.93. The van der Waals surface area contributed by atoms with Crippen LogP contribution < -0.4 is 5.73 Å². The predicted octanol–water partition coefficient (Wildman–Crippen LogP) is 4.08. The normalized spacial score (nSPS) is 13.1. The third-order valence-electron chi connectivity index (χ3n) is 3.07. The van der Waals surface area contributed by atoms with Gasteiger partial charge in [0.25, 0.3) is 0 Å². The van der Waals surface area contributed by atoms with E-state index >= 15 is 0 Å². The maximum Gasteiger partial charge on any atom is 0.0292 e. The maximum absolute atomic E-state index is 6.04. The van der Waals surface area contributed by atoms with Gasteiger partial charge in [0, 0.05) is 6.04 Å². The highest BCUT2D eigenvalue weighted by molar-refractivity contribution is 5.25. The van der Waals surface area contributed by atoms with E-state index in [2.05, 4.69) is 45.0 Å². The number of hydrogen-bond acceptors (Lipinski definition) is 1. The second kappa shape index (κ2) is 6.70. The van der Waals surface area contributed by atoms with Gasteiger partial charge in [0.15, 0.2) is 0 Å². The first-order valence-electron chi connectivity index (χ1n) is 6.48. The molecule has 0 aliphatic rings. The van der Waals surface area contributed by atoms with Crippen LogP contribution in [-0.2, 0) is 6.42 Å². The van der Waals surface area contributed by atoms with Crippen molar-refractivity contribution >= 4 is 0 Å². The zero-order valence-corrected chi connectivity index (χ0v) is 10.9. The van der Waals surface area contributed by atoms with Crippen LogP contribution in [0.2, 0.25) is 0 Å². The summed E-state index contributed by atoms with van der Waals surface area (Å²) in [5.74, 6) is 0.807. The van der Waals surface area contributed by atoms with Gasteiger partial charge in [-0.25, -0.2) is 0 Å². The second-order valence-corrected chi connectivity index (χ2v) is 5.05. The Morgan fingerprint density at radius 1 is 1.25 bits per heavy atom. The standard InChI is InChI=1S/C15H25N/c1-4-15(16)14-10-6-9-13(11-14)8-5-7-12(2)3/h6,9-12,15H,4-5,7-8,16H2,1-3H3. The third kappa shape index (κ3) is 4.36. The average molecular weight is 219 g/mol. The van der Waals surface area contributed by atoms with E-state index in [0.29, 0.717) is 0 Å². The lowest BCUT2D eigenvalue weighted by molar-refractivity contribution is 0.555. The first kappa shape index (κ1) is 13.2. The van der Waals surface area contributed by atoms with Crippen LogP contribution in [-0.4, -0.2) is 0 Å². The second-order valence-electron chi connectivity index (χ2n) is 5.05. The molecule has 1 nitrogen and oxygen atoms in total. The summed E-state index contributed by atoms with van der Waals surface area (Å²) < 4.78 is 0. The zero-order valence-electron chi connectivity index (χ0n) is 10.9. The molecule has 1 atom stereocenters. The Balaban J connectivity index is 2.54. The van der Waals surface area contributed by atoms with Gasteiger partial charge in [-0.3, -0.25) is 0 Å². The highest BCUT2D eigenvalue weighted by Crippen LogP contribution is 2.17. The van der Waals surface area contributed by atoms with Crippen LogP contribution in [0, 0.1) is 5.92 Å². The smallest absolute Gasteiger partial charge is 0.0292 e. The first-order chi connectivity index (χ1) is 7.63. The molecular formula is C15H25N. The van der Waals surface area contributed by atoms with Crippen molar-refractivity contribution in [3.63, 3.8) is 0 Å². The summed E-state index contributed by atoms with van der Waals surface area (Å²) in [6.07, 6.45) is 4.78. The van der Waals surface area contributed by atoms with Gasteiger partial charge in [0.1, 0.15) is 0 Å². The van der Waals surface area contributed by atoms with Crippen molar-refractivity contribution in [2.75, 3.05) is 0 Å². The molecule has 2 N–H and O–H groups in total. The van der Waals surface area contributed by atoms with E-state index in [1.165, 1.54) is 30.4 Å². The van der Waals surface area contributed by atoms with Gasteiger partial charge in [-0.2, -0.15) is 0 Å². The summed E-state index contributed by atoms with van der Waals surface area (Å²) in [6, 6.07) is 8.96. The fourth-order valence-corrected chi connectivity index (χ4v) is 1.93. The molecule has 90 valence electrons. The van der Waals surface area contributed by atoms with Crippen molar-refractivity contribution in [1.82, 2.24) is 0 Å². The van der Waals surface area contributed by atoms with Gasteiger partial charge in [-0.1, -0.05) is 51.5 Å². The molecule has 0 amide bonds. The molecule has 1 aromatic rings. The van der Waals surface area contributed by atoms with E-state index in [4.69, 9.17) is 5.73 Å². The minimum atomic E-state index is 0.199. The van der Waals surface area contributed by atoms with Gasteiger partial charge in [-0.15, -0.1) is 0 Å². The quantitative estimate of drug-likeness (QED) is 0.766. The first-order valence-corrected chi connectivity index (χ1v) is 6.48. The van der Waals surface area contributed by atoms with Gasteiger partial charge in [0.05, 0.1) is 0 Å². The van der Waals surface area contributed by atoms with Crippen molar-refractivity contribution in [2.24, 2.45) is 11.7 Å². The van der Waals surface area contributed by atoms with Crippen molar-refractivity contribution in [1.29, 1.82) is 0 Å². The van der Waals surface area contributed by atoms with Crippen LogP contribution in [0.4, 0.5) is 0 Å². The average Bonchev–Trinajstić information content (AvgIpc) is 2.28. The summed E-state index contributed by atoms with van der Waals surface area (Å²) in [5.41, 5.74) is 8.75. The largest absolute Gasteiger partial charge is 0.324 e. The molecule has 0 heterocycles. The fraction of sp³-hybridized carbons (Fsp3) is 0.600. The van der Waals surface area contributed by atoms with Crippen molar-refractivity contribution in [3.05, 3.63) is 35.4 Å². The van der Waals surface area contributed by atoms with Crippen molar-refractivity contribution in [3.8, 4) is 0 Å². The topological polar surface area (TPSA) is 26.0 Å². The van der Waals surface area contributed by atoms with E-state index in [1.807, 2.05) is 0 Å². The van der Waals surface area contributed by atoms with Gasteiger partial charge in [0.2, 0.25) is 0 Å². The Kier molecular flexibility index (Phi) is 5.54. The van der Waals surface area contributed by atoms with E-state index in [9.17, 15) is 0 Å². The molecule has 1 unspecified atom stereocenters. The highest BCUT2D eigenvalue weighted by atomic mass is 14.6. The molecule has 1 heteroatoms. The summed E-state index contributed by atoms with van der Waals surface area (Å²) >= 11 is 0. The molecule has 1 aromatic carbocycles. The Bertz CT molecular complexity index is 304. The molecule has 0 fully saturated rings. The monoisotopic (exact) mass is 219 g/mol. The summed E-state index contributed by atoms with van der Waals surface area (Å²) in [7, 11) is 0. The number of rotatable bonds is 6. The number of benzene rings is 1. The van der Waals surface area contributed by atoms with E-state index < -0.39 is 0 Å². The van der Waals surface area contributed by atoms with E-state index in [1.54, 1.807) is 0 Å². The minimum Gasteiger partial charge on any atom is -0.324 e. The summed E-state index contributed by atoms with van der Waals surface area (Å²) in [4.78, 5) is 0. The third-order valence-corrected chi connectivity index (χ3v) is 3.07. The molecule has 0 aliphatic heterocycles. The van der Waals surface area contributed by atoms with Gasteiger partial charge < -0.3 is 5.73 Å². The summed E-state index contributed by atoms with van der Waals surface area (Å²) in [6.45, 7) is 6.70. The van der Waals surface area contributed by atoms with Crippen LogP contribution in [0.3, 0.4) is 0 Å². The lowest BCUT2D eigenvalue weighted by Crippen LogP contribution is -2.08. The molecule has 0 saturated carbocycles. The van der Waals surface area contributed by atoms with Crippen molar-refractivity contribution in [2.45, 2.75) is 52.5 Å². The maximum atomic E-state index is 6.04. The lowest BCUT2D eigenvalue weighted by atomic mass is 9.98. The van der Waals surface area contributed by atoms with Crippen LogP contribution in [0.25, 0.3) is 0 Å². The van der Waals surface area contributed by atoms with Crippen molar-refractivity contribution < 1.29 is 0 Å².